The summed E-state index contributed by atoms with van der Waals surface area (Å²) in [6.07, 6.45) is 4.23. The summed E-state index contributed by atoms with van der Waals surface area (Å²) in [7, 11) is 0. The molecule has 176 valence electrons. The van der Waals surface area contributed by atoms with E-state index >= 15 is 0 Å². The monoisotopic (exact) mass is 443 g/mol. The third-order valence-electron chi connectivity index (χ3n) is 6.26. The summed E-state index contributed by atoms with van der Waals surface area (Å²) in [6.45, 7) is 11.8. The van der Waals surface area contributed by atoms with Crippen LogP contribution in [-0.4, -0.2) is 74.8 Å². The Hall–Kier alpha value is -2.29. The molecule has 2 saturated heterocycles. The molecule has 32 heavy (non-hydrogen) atoms. The molecule has 0 saturated carbocycles. The van der Waals surface area contributed by atoms with Crippen LogP contribution in [0.5, 0.6) is 0 Å². The van der Waals surface area contributed by atoms with Gasteiger partial charge in [0.25, 0.3) is 0 Å². The second-order valence-corrected chi connectivity index (χ2v) is 8.49. The van der Waals surface area contributed by atoms with Gasteiger partial charge in [-0.2, -0.15) is 0 Å². The predicted molar refractivity (Wildman–Crippen MR) is 125 cm³/mol. The first-order valence-corrected chi connectivity index (χ1v) is 11.9. The van der Waals surface area contributed by atoms with Crippen LogP contribution >= 0.6 is 0 Å². The highest BCUT2D eigenvalue weighted by molar-refractivity contribution is 5.79. The van der Waals surface area contributed by atoms with Gasteiger partial charge >= 0.3 is 0 Å². The molecule has 2 aromatic heterocycles. The van der Waals surface area contributed by atoms with Crippen LogP contribution in [0.25, 0.3) is 0 Å². The van der Waals surface area contributed by atoms with E-state index in [2.05, 4.69) is 39.5 Å². The molecular formula is C24H37N5O3. The highest BCUT2D eigenvalue weighted by Crippen LogP contribution is 2.26. The SMILES string of the molecule is CCNC(=NCC(c1ccco1)N1CCCC1)NCC(c1ccc(C)o1)N1CCOCC1. The average molecular weight is 444 g/mol. The van der Waals surface area contributed by atoms with Crippen molar-refractivity contribution < 1.29 is 13.6 Å². The number of morpholine rings is 1. The highest BCUT2D eigenvalue weighted by atomic mass is 16.5. The second-order valence-electron chi connectivity index (χ2n) is 8.49. The first kappa shape index (κ1) is 22.9. The zero-order chi connectivity index (χ0) is 22.2. The Bertz CT molecular complexity index is 823. The van der Waals surface area contributed by atoms with Crippen LogP contribution in [0.3, 0.4) is 0 Å². The molecule has 2 aliphatic rings. The van der Waals surface area contributed by atoms with Gasteiger partial charge in [-0.3, -0.25) is 14.8 Å². The number of hydrogen-bond donors (Lipinski definition) is 2. The topological polar surface area (TPSA) is 78.4 Å². The Morgan fingerprint density at radius 2 is 1.78 bits per heavy atom. The van der Waals surface area contributed by atoms with E-state index in [0.717, 1.165) is 69.2 Å². The minimum absolute atomic E-state index is 0.135. The maximum absolute atomic E-state index is 6.00. The summed E-state index contributed by atoms with van der Waals surface area (Å²) in [5, 5.41) is 6.97. The largest absolute Gasteiger partial charge is 0.468 e. The summed E-state index contributed by atoms with van der Waals surface area (Å²) in [6, 6.07) is 8.45. The first-order chi connectivity index (χ1) is 15.7. The lowest BCUT2D eigenvalue weighted by Gasteiger charge is -2.33. The van der Waals surface area contributed by atoms with Gasteiger partial charge in [0, 0.05) is 26.2 Å². The molecule has 0 aliphatic carbocycles. The number of aryl methyl sites for hydroxylation is 1. The van der Waals surface area contributed by atoms with Gasteiger partial charge in [-0.25, -0.2) is 0 Å². The third-order valence-corrected chi connectivity index (χ3v) is 6.26. The fourth-order valence-electron chi connectivity index (χ4n) is 4.56. The zero-order valence-electron chi connectivity index (χ0n) is 19.4. The van der Waals surface area contributed by atoms with Crippen molar-refractivity contribution in [3.63, 3.8) is 0 Å². The van der Waals surface area contributed by atoms with Gasteiger partial charge in [-0.15, -0.1) is 0 Å². The molecule has 0 bridgehead atoms. The number of aliphatic imine (C=N–C) groups is 1. The minimum Gasteiger partial charge on any atom is -0.468 e. The van der Waals surface area contributed by atoms with Crippen LogP contribution in [0.1, 0.15) is 49.1 Å². The lowest BCUT2D eigenvalue weighted by molar-refractivity contribution is 0.0124. The van der Waals surface area contributed by atoms with Crippen molar-refractivity contribution in [1.82, 2.24) is 20.4 Å². The minimum atomic E-state index is 0.135. The molecule has 2 unspecified atom stereocenters. The second kappa shape index (κ2) is 11.5. The summed E-state index contributed by atoms with van der Waals surface area (Å²) in [5.74, 6) is 3.73. The van der Waals surface area contributed by atoms with Crippen LogP contribution in [-0.2, 0) is 4.74 Å². The van der Waals surface area contributed by atoms with Crippen molar-refractivity contribution in [2.45, 2.75) is 38.8 Å². The number of hydrogen-bond acceptors (Lipinski definition) is 6. The van der Waals surface area contributed by atoms with Crippen LogP contribution in [0, 0.1) is 6.92 Å². The molecule has 0 spiro atoms. The summed E-state index contributed by atoms with van der Waals surface area (Å²) >= 11 is 0. The van der Waals surface area contributed by atoms with Gasteiger partial charge in [0.15, 0.2) is 5.96 Å². The van der Waals surface area contributed by atoms with Crippen molar-refractivity contribution in [3.05, 3.63) is 47.8 Å². The molecule has 2 aromatic rings. The zero-order valence-corrected chi connectivity index (χ0v) is 19.4. The van der Waals surface area contributed by atoms with Gasteiger partial charge in [0.1, 0.15) is 17.3 Å². The van der Waals surface area contributed by atoms with Gasteiger partial charge in [-0.1, -0.05) is 0 Å². The van der Waals surface area contributed by atoms with E-state index in [-0.39, 0.29) is 12.1 Å². The first-order valence-electron chi connectivity index (χ1n) is 11.9. The van der Waals surface area contributed by atoms with Crippen molar-refractivity contribution in [2.24, 2.45) is 4.99 Å². The fraction of sp³-hybridized carbons (Fsp3) is 0.625. The quantitative estimate of drug-likeness (QED) is 0.456. The Morgan fingerprint density at radius 3 is 2.44 bits per heavy atom. The van der Waals surface area contributed by atoms with Crippen molar-refractivity contribution in [3.8, 4) is 0 Å². The van der Waals surface area contributed by atoms with Crippen molar-refractivity contribution in [1.29, 1.82) is 0 Å². The standard InChI is InChI=1S/C24H37N5O3/c1-3-25-24(26-17-20(22-7-6-14-31-22)28-10-4-5-11-28)27-18-21(23-9-8-19(2)32-23)29-12-15-30-16-13-29/h6-9,14,20-21H,3-5,10-13,15-18H2,1-2H3,(H2,25,26,27). The maximum Gasteiger partial charge on any atom is 0.191 e. The maximum atomic E-state index is 6.00. The van der Waals surface area contributed by atoms with E-state index < -0.39 is 0 Å². The lowest BCUT2D eigenvalue weighted by atomic mass is 10.1. The van der Waals surface area contributed by atoms with Crippen LogP contribution < -0.4 is 10.6 Å². The molecule has 2 N–H and O–H groups in total. The number of ether oxygens (including phenoxy) is 1. The molecule has 4 heterocycles. The van der Waals surface area contributed by atoms with E-state index in [1.807, 2.05) is 19.1 Å². The number of likely N-dealkylation sites (tertiary alicyclic amines) is 1. The van der Waals surface area contributed by atoms with Gasteiger partial charge in [0.2, 0.25) is 0 Å². The predicted octanol–water partition coefficient (Wildman–Crippen LogP) is 2.95. The number of rotatable bonds is 9. The number of furan rings is 2. The Labute approximate surface area is 191 Å². The van der Waals surface area contributed by atoms with Gasteiger partial charge < -0.3 is 24.2 Å². The summed E-state index contributed by atoms with van der Waals surface area (Å²) in [4.78, 5) is 9.85. The molecule has 2 fully saturated rings. The van der Waals surface area contributed by atoms with Crippen molar-refractivity contribution in [2.75, 3.05) is 59.0 Å². The smallest absolute Gasteiger partial charge is 0.191 e. The molecule has 0 radical (unpaired) electrons. The average Bonchev–Trinajstić information content (AvgIpc) is 3.59. The lowest BCUT2D eigenvalue weighted by Crippen LogP contribution is -2.46. The van der Waals surface area contributed by atoms with Crippen LogP contribution in [0.4, 0.5) is 0 Å². The van der Waals surface area contributed by atoms with E-state index in [9.17, 15) is 0 Å². The van der Waals surface area contributed by atoms with Crippen LogP contribution in [0.15, 0.2) is 44.4 Å². The Morgan fingerprint density at radius 1 is 1.00 bits per heavy atom. The van der Waals surface area contributed by atoms with E-state index in [0.29, 0.717) is 13.1 Å². The van der Waals surface area contributed by atoms with E-state index in [1.165, 1.54) is 12.8 Å². The van der Waals surface area contributed by atoms with Gasteiger partial charge in [0.05, 0.1) is 38.1 Å². The highest BCUT2D eigenvalue weighted by Gasteiger charge is 2.27. The number of nitrogens with zero attached hydrogens (tertiary/aromatic N) is 3. The number of nitrogens with one attached hydrogen (secondary N) is 2. The molecule has 2 aliphatic heterocycles. The number of guanidine groups is 1. The molecule has 8 nitrogen and oxygen atoms in total. The Kier molecular flexibility index (Phi) is 8.25. The Balaban J connectivity index is 1.45. The molecule has 4 rings (SSSR count). The van der Waals surface area contributed by atoms with E-state index in [1.54, 1.807) is 6.26 Å². The fourth-order valence-corrected chi connectivity index (χ4v) is 4.56. The molecular weight excluding hydrogens is 406 g/mol. The van der Waals surface area contributed by atoms with E-state index in [4.69, 9.17) is 18.6 Å². The molecule has 0 aromatic carbocycles. The molecule has 8 heteroatoms. The van der Waals surface area contributed by atoms with Gasteiger partial charge in [-0.05, 0) is 64.0 Å². The third kappa shape index (κ3) is 5.94. The summed E-state index contributed by atoms with van der Waals surface area (Å²) in [5.41, 5.74) is 0. The van der Waals surface area contributed by atoms with Crippen LogP contribution in [0.2, 0.25) is 0 Å². The molecule has 0 amide bonds. The molecule has 2 atom stereocenters. The summed E-state index contributed by atoms with van der Waals surface area (Å²) < 4.78 is 17.3. The normalized spacial score (nSPS) is 20.4. The van der Waals surface area contributed by atoms with Crippen molar-refractivity contribution >= 4 is 5.96 Å².